The van der Waals surface area contributed by atoms with Crippen LogP contribution in [0, 0.1) is 18.1 Å². The average molecular weight is 421 g/mol. The number of hydrogen-bond donors (Lipinski definition) is 0. The third-order valence-corrected chi connectivity index (χ3v) is 5.22. The van der Waals surface area contributed by atoms with Crippen LogP contribution in [0.15, 0.2) is 53.4 Å². The van der Waals surface area contributed by atoms with Crippen LogP contribution in [0.5, 0.6) is 0 Å². The summed E-state index contributed by atoms with van der Waals surface area (Å²) < 4.78 is 35.3. The minimum atomic E-state index is -0.465. The van der Waals surface area contributed by atoms with E-state index in [-0.39, 0.29) is 18.2 Å². The van der Waals surface area contributed by atoms with Crippen molar-refractivity contribution in [2.75, 3.05) is 18.0 Å². The molecule has 5 rings (SSSR count). The molecule has 0 atom stereocenters. The maximum atomic E-state index is 14.4. The van der Waals surface area contributed by atoms with Gasteiger partial charge in [0.2, 0.25) is 0 Å². The smallest absolute Gasteiger partial charge is 0.183 e. The lowest BCUT2D eigenvalue weighted by Crippen LogP contribution is -2.31. The maximum Gasteiger partial charge on any atom is 0.183 e. The highest BCUT2D eigenvalue weighted by molar-refractivity contribution is 5.63. The van der Waals surface area contributed by atoms with E-state index < -0.39 is 5.82 Å². The molecule has 0 spiro atoms. The van der Waals surface area contributed by atoms with Gasteiger partial charge >= 0.3 is 0 Å². The first-order valence-corrected chi connectivity index (χ1v) is 10.0. The molecule has 1 aliphatic heterocycles. The third kappa shape index (κ3) is 3.90. The predicted octanol–water partition coefficient (Wildman–Crippen LogP) is 4.13. The molecule has 0 amide bonds. The van der Waals surface area contributed by atoms with Crippen LogP contribution >= 0.6 is 0 Å². The molecule has 157 valence electrons. The summed E-state index contributed by atoms with van der Waals surface area (Å²) in [5.74, 6) is -0.228. The highest BCUT2D eigenvalue weighted by atomic mass is 19.1. The Morgan fingerprint density at radius 2 is 1.84 bits per heavy atom. The van der Waals surface area contributed by atoms with Crippen molar-refractivity contribution in [3.63, 3.8) is 0 Å². The molecule has 4 heterocycles. The Kier molecular flexibility index (Phi) is 5.15. The Bertz CT molecular complexity index is 1180. The Hall–Kier alpha value is -3.62. The standard InChI is InChI=1S/C22H19F2N6O/c23-16-7-3-2-6-15(16)14-30-20(18-8-11-31-28-18)12-19(27-30)21-25-13-17(24)22(26-21)29-9-4-1-5-10-29/h1-3,6-8,11-13H,4-5,9-10,14H2. The largest absolute Gasteiger partial charge is 0.364 e. The first-order chi connectivity index (χ1) is 15.2. The second-order valence-corrected chi connectivity index (χ2v) is 7.27. The summed E-state index contributed by atoms with van der Waals surface area (Å²) in [6, 6.07) is 9.95. The van der Waals surface area contributed by atoms with Gasteiger partial charge in [-0.2, -0.15) is 5.10 Å². The van der Waals surface area contributed by atoms with Gasteiger partial charge in [-0.25, -0.2) is 18.7 Å². The zero-order chi connectivity index (χ0) is 21.2. The second kappa shape index (κ2) is 8.25. The molecule has 0 saturated carbocycles. The molecule has 1 aliphatic rings. The van der Waals surface area contributed by atoms with E-state index in [1.54, 1.807) is 35.0 Å². The van der Waals surface area contributed by atoms with E-state index in [9.17, 15) is 8.78 Å². The van der Waals surface area contributed by atoms with Gasteiger partial charge in [-0.15, -0.1) is 0 Å². The molecule has 0 bridgehead atoms. The first kappa shape index (κ1) is 19.3. The number of rotatable bonds is 5. The van der Waals surface area contributed by atoms with Crippen molar-refractivity contribution in [3.8, 4) is 22.9 Å². The van der Waals surface area contributed by atoms with E-state index in [0.717, 1.165) is 12.8 Å². The summed E-state index contributed by atoms with van der Waals surface area (Å²) in [6.07, 6.45) is 6.57. The molecule has 4 aromatic rings. The molecular formula is C22H19F2N6O. The number of benzene rings is 1. The molecule has 0 N–H and O–H groups in total. The molecule has 0 unspecified atom stereocenters. The second-order valence-electron chi connectivity index (χ2n) is 7.27. The summed E-state index contributed by atoms with van der Waals surface area (Å²) in [5.41, 5.74) is 2.09. The van der Waals surface area contributed by atoms with Crippen LogP contribution in [0.1, 0.15) is 18.4 Å². The Labute approximate surface area is 177 Å². The van der Waals surface area contributed by atoms with Gasteiger partial charge in [0.25, 0.3) is 0 Å². The lowest BCUT2D eigenvalue weighted by molar-refractivity contribution is 0.421. The average Bonchev–Trinajstić information content (AvgIpc) is 3.46. The van der Waals surface area contributed by atoms with Gasteiger partial charge in [-0.1, -0.05) is 23.4 Å². The summed E-state index contributed by atoms with van der Waals surface area (Å²) in [7, 11) is 0. The summed E-state index contributed by atoms with van der Waals surface area (Å²) in [4.78, 5) is 10.5. The molecule has 7 nitrogen and oxygen atoms in total. The van der Waals surface area contributed by atoms with Crippen molar-refractivity contribution in [2.24, 2.45) is 0 Å². The highest BCUT2D eigenvalue weighted by Crippen LogP contribution is 2.27. The topological polar surface area (TPSA) is 72.9 Å². The van der Waals surface area contributed by atoms with Gasteiger partial charge in [0.15, 0.2) is 17.5 Å². The highest BCUT2D eigenvalue weighted by Gasteiger charge is 2.21. The predicted molar refractivity (Wildman–Crippen MR) is 110 cm³/mol. The number of anilines is 1. The van der Waals surface area contributed by atoms with Crippen molar-refractivity contribution in [2.45, 2.75) is 19.4 Å². The zero-order valence-electron chi connectivity index (χ0n) is 16.6. The molecule has 1 radical (unpaired) electrons. The van der Waals surface area contributed by atoms with Crippen LogP contribution in [0.4, 0.5) is 14.6 Å². The lowest BCUT2D eigenvalue weighted by Gasteiger charge is -2.27. The van der Waals surface area contributed by atoms with Crippen LogP contribution in [0.3, 0.4) is 0 Å². The number of aromatic nitrogens is 5. The molecule has 0 aliphatic carbocycles. The maximum absolute atomic E-state index is 14.4. The number of halogens is 2. The van der Waals surface area contributed by atoms with E-state index in [1.807, 2.05) is 4.90 Å². The van der Waals surface area contributed by atoms with Gasteiger partial charge in [0.05, 0.1) is 18.4 Å². The number of nitrogens with zero attached hydrogens (tertiary/aromatic N) is 6. The molecule has 1 saturated heterocycles. The Morgan fingerprint density at radius 3 is 2.61 bits per heavy atom. The van der Waals surface area contributed by atoms with Crippen molar-refractivity contribution in [3.05, 3.63) is 72.5 Å². The lowest BCUT2D eigenvalue weighted by atomic mass is 10.1. The third-order valence-electron chi connectivity index (χ3n) is 5.22. The Morgan fingerprint density at radius 1 is 1.00 bits per heavy atom. The van der Waals surface area contributed by atoms with Gasteiger partial charge in [0.1, 0.15) is 23.5 Å². The first-order valence-electron chi connectivity index (χ1n) is 10.0. The van der Waals surface area contributed by atoms with Crippen molar-refractivity contribution < 1.29 is 13.3 Å². The molecule has 1 fully saturated rings. The fraction of sp³-hybridized carbons (Fsp3) is 0.227. The van der Waals surface area contributed by atoms with Crippen molar-refractivity contribution >= 4 is 5.82 Å². The fourth-order valence-corrected chi connectivity index (χ4v) is 3.65. The van der Waals surface area contributed by atoms with Crippen molar-refractivity contribution in [1.29, 1.82) is 0 Å². The van der Waals surface area contributed by atoms with E-state index in [1.165, 1.54) is 18.5 Å². The van der Waals surface area contributed by atoms with Gasteiger partial charge < -0.3 is 9.42 Å². The minimum Gasteiger partial charge on any atom is -0.364 e. The van der Waals surface area contributed by atoms with Crippen LogP contribution in [-0.2, 0) is 6.54 Å². The molecule has 1 aromatic carbocycles. The summed E-state index contributed by atoms with van der Waals surface area (Å²) in [5, 5.41) is 8.57. The number of hydrogen-bond acceptors (Lipinski definition) is 6. The Balaban J connectivity index is 1.55. The SMILES string of the molecule is Fc1ccccc1Cn1nc(-c2ncc(F)c(N3CC[CH]CC3)n2)cc1-c1ccon1. The van der Waals surface area contributed by atoms with Crippen molar-refractivity contribution in [1.82, 2.24) is 24.9 Å². The summed E-state index contributed by atoms with van der Waals surface area (Å²) in [6.45, 7) is 1.60. The van der Waals surface area contributed by atoms with E-state index in [4.69, 9.17) is 4.52 Å². The quantitative estimate of drug-likeness (QED) is 0.483. The van der Waals surface area contributed by atoms with Gasteiger partial charge in [0, 0.05) is 24.7 Å². The van der Waals surface area contributed by atoms with Crippen LogP contribution in [-0.4, -0.2) is 38.0 Å². The molecule has 3 aromatic heterocycles. The van der Waals surface area contributed by atoms with E-state index in [2.05, 4.69) is 26.6 Å². The minimum absolute atomic E-state index is 0.185. The summed E-state index contributed by atoms with van der Waals surface area (Å²) >= 11 is 0. The molecular weight excluding hydrogens is 402 g/mol. The van der Waals surface area contributed by atoms with E-state index in [0.29, 0.717) is 41.6 Å². The van der Waals surface area contributed by atoms with Gasteiger partial charge in [-0.05, 0) is 31.4 Å². The monoisotopic (exact) mass is 421 g/mol. The number of piperidine rings is 1. The fourth-order valence-electron chi connectivity index (χ4n) is 3.65. The normalized spacial score (nSPS) is 14.2. The van der Waals surface area contributed by atoms with Crippen LogP contribution in [0.25, 0.3) is 22.9 Å². The van der Waals surface area contributed by atoms with E-state index >= 15 is 0 Å². The molecule has 31 heavy (non-hydrogen) atoms. The van der Waals surface area contributed by atoms with Crippen LogP contribution < -0.4 is 4.90 Å². The van der Waals surface area contributed by atoms with Gasteiger partial charge in [-0.3, -0.25) is 4.68 Å². The molecule has 9 heteroatoms. The van der Waals surface area contributed by atoms with Crippen LogP contribution in [0.2, 0.25) is 0 Å². The zero-order valence-corrected chi connectivity index (χ0v) is 16.6.